The number of anilines is 2. The molecule has 0 aliphatic heterocycles. The summed E-state index contributed by atoms with van der Waals surface area (Å²) in [5.74, 6) is 0.0480. The van der Waals surface area contributed by atoms with Gasteiger partial charge in [0, 0.05) is 26.4 Å². The third kappa shape index (κ3) is 3.20. The van der Waals surface area contributed by atoms with Crippen molar-refractivity contribution >= 4 is 23.5 Å². The molecule has 0 saturated carbocycles. The Morgan fingerprint density at radius 3 is 2.73 bits per heavy atom. The van der Waals surface area contributed by atoms with E-state index in [0.717, 1.165) is 0 Å². The number of rotatable bonds is 5. The van der Waals surface area contributed by atoms with Crippen molar-refractivity contribution in [1.82, 2.24) is 15.0 Å². The summed E-state index contributed by atoms with van der Waals surface area (Å²) in [6.45, 7) is -0.476. The van der Waals surface area contributed by atoms with Gasteiger partial charge in [-0.3, -0.25) is 0 Å². The van der Waals surface area contributed by atoms with E-state index < -0.39 is 13.3 Å². The van der Waals surface area contributed by atoms with E-state index in [1.807, 2.05) is 13.8 Å². The average Bonchev–Trinajstić information content (AvgIpc) is 2.27. The summed E-state index contributed by atoms with van der Waals surface area (Å²) in [6, 6.07) is 0. The van der Waals surface area contributed by atoms with Crippen LogP contribution in [0.25, 0.3) is 0 Å². The Morgan fingerprint density at radius 1 is 1.40 bits per heavy atom. The first-order valence-corrected chi connectivity index (χ1v) is 4.93. The highest BCUT2D eigenvalue weighted by molar-refractivity contribution is 6.28. The van der Waals surface area contributed by atoms with Gasteiger partial charge in [0.15, 0.2) is 0 Å². The second-order valence-electron chi connectivity index (χ2n) is 2.65. The minimum atomic E-state index is -2.86. The van der Waals surface area contributed by atoms with Gasteiger partial charge in [-0.1, -0.05) is 0 Å². The lowest BCUT2D eigenvalue weighted by atomic mass is 10.5. The largest absolute Gasteiger partial charge is 0.354 e. The van der Waals surface area contributed by atoms with Crippen molar-refractivity contribution < 1.29 is 6.85 Å². The molecular weight excluding hydrogens is 214 g/mol. The van der Waals surface area contributed by atoms with Crippen LogP contribution in [0.3, 0.4) is 0 Å². The van der Waals surface area contributed by atoms with Gasteiger partial charge in [-0.15, -0.1) is 0 Å². The van der Waals surface area contributed by atoms with Gasteiger partial charge in [-0.25, -0.2) is 0 Å². The second-order valence-corrected chi connectivity index (χ2v) is 2.99. The molecule has 15 heavy (non-hydrogen) atoms. The molecule has 0 saturated heterocycles. The Kier molecular flexibility index (Phi) is 2.46. The standard InChI is InChI=1S/C9H16ClN5/c1-4-11-8-12-7(10)13-9(14-8)15(5-2)6-3/h4-6H2,1-3H3,(H,11,12,13,14)/i1D3,4D2. The topological polar surface area (TPSA) is 53.9 Å². The first-order chi connectivity index (χ1) is 9.10. The lowest BCUT2D eigenvalue weighted by molar-refractivity contribution is 0.812. The van der Waals surface area contributed by atoms with Gasteiger partial charge in [0.25, 0.3) is 0 Å². The van der Waals surface area contributed by atoms with E-state index in [4.69, 9.17) is 18.5 Å². The quantitative estimate of drug-likeness (QED) is 0.842. The van der Waals surface area contributed by atoms with E-state index in [9.17, 15) is 0 Å². The predicted molar refractivity (Wildman–Crippen MR) is 62.6 cm³/mol. The molecule has 0 atom stereocenters. The van der Waals surface area contributed by atoms with Gasteiger partial charge in [0.1, 0.15) is 0 Å². The van der Waals surface area contributed by atoms with E-state index in [-0.39, 0.29) is 17.2 Å². The van der Waals surface area contributed by atoms with Gasteiger partial charge in [-0.2, -0.15) is 15.0 Å². The van der Waals surface area contributed by atoms with E-state index in [1.54, 1.807) is 4.90 Å². The van der Waals surface area contributed by atoms with E-state index >= 15 is 0 Å². The van der Waals surface area contributed by atoms with Crippen molar-refractivity contribution in [3.63, 3.8) is 0 Å². The van der Waals surface area contributed by atoms with Crippen LogP contribution < -0.4 is 10.2 Å². The number of nitrogens with one attached hydrogen (secondary N) is 1. The first kappa shape index (κ1) is 6.48. The second kappa shape index (κ2) is 5.70. The van der Waals surface area contributed by atoms with Gasteiger partial charge >= 0.3 is 0 Å². The van der Waals surface area contributed by atoms with Crippen molar-refractivity contribution in [1.29, 1.82) is 0 Å². The minimum Gasteiger partial charge on any atom is -0.354 e. The van der Waals surface area contributed by atoms with Crippen molar-refractivity contribution in [2.24, 2.45) is 0 Å². The highest BCUT2D eigenvalue weighted by atomic mass is 35.5. The fourth-order valence-electron chi connectivity index (χ4n) is 1.10. The van der Waals surface area contributed by atoms with Crippen LogP contribution >= 0.6 is 11.6 Å². The first-order valence-electron chi connectivity index (χ1n) is 7.05. The highest BCUT2D eigenvalue weighted by Gasteiger charge is 2.09. The summed E-state index contributed by atoms with van der Waals surface area (Å²) >= 11 is 5.76. The Morgan fingerprint density at radius 2 is 2.13 bits per heavy atom. The molecule has 0 spiro atoms. The molecule has 1 aromatic heterocycles. The summed E-state index contributed by atoms with van der Waals surface area (Å²) in [5.41, 5.74) is 0. The van der Waals surface area contributed by atoms with Crippen molar-refractivity contribution in [2.45, 2.75) is 20.7 Å². The zero-order chi connectivity index (χ0) is 15.6. The van der Waals surface area contributed by atoms with Crippen LogP contribution in [0.4, 0.5) is 11.9 Å². The van der Waals surface area contributed by atoms with Gasteiger partial charge < -0.3 is 10.2 Å². The monoisotopic (exact) mass is 234 g/mol. The van der Waals surface area contributed by atoms with Gasteiger partial charge in [0.05, 0.1) is 0 Å². The molecule has 84 valence electrons. The molecule has 0 bridgehead atoms. The Balaban J connectivity index is 3.08. The van der Waals surface area contributed by atoms with Crippen LogP contribution in [0.15, 0.2) is 0 Å². The van der Waals surface area contributed by atoms with Crippen molar-refractivity contribution in [3.8, 4) is 0 Å². The van der Waals surface area contributed by atoms with Crippen LogP contribution in [0.5, 0.6) is 0 Å². The van der Waals surface area contributed by atoms with Crippen LogP contribution in [0, 0.1) is 0 Å². The van der Waals surface area contributed by atoms with E-state index in [1.165, 1.54) is 0 Å². The Bertz CT molecular complexity index is 463. The summed E-state index contributed by atoms with van der Waals surface area (Å²) in [5, 5.41) is 2.01. The maximum Gasteiger partial charge on any atom is 0.231 e. The van der Waals surface area contributed by atoms with Crippen LogP contribution in [0.1, 0.15) is 27.6 Å². The fourth-order valence-corrected chi connectivity index (χ4v) is 1.25. The summed E-state index contributed by atoms with van der Waals surface area (Å²) < 4.78 is 36.4. The van der Waals surface area contributed by atoms with E-state index in [0.29, 0.717) is 13.1 Å². The zero-order valence-electron chi connectivity index (χ0n) is 13.6. The molecule has 1 heterocycles. The zero-order valence-corrected chi connectivity index (χ0v) is 9.34. The minimum absolute atomic E-state index is 0.134. The van der Waals surface area contributed by atoms with Gasteiger partial charge in [0.2, 0.25) is 17.2 Å². The molecule has 6 heteroatoms. The molecule has 5 nitrogen and oxygen atoms in total. The van der Waals surface area contributed by atoms with Crippen LogP contribution in [0.2, 0.25) is 5.28 Å². The number of hydrogen-bond donors (Lipinski definition) is 1. The van der Waals surface area contributed by atoms with Crippen molar-refractivity contribution in [2.75, 3.05) is 29.8 Å². The molecule has 0 aromatic carbocycles. The highest BCUT2D eigenvalue weighted by Crippen LogP contribution is 2.13. The summed E-state index contributed by atoms with van der Waals surface area (Å²) in [4.78, 5) is 13.4. The fraction of sp³-hybridized carbons (Fsp3) is 0.667. The Labute approximate surface area is 102 Å². The third-order valence-electron chi connectivity index (χ3n) is 1.82. The summed E-state index contributed by atoms with van der Waals surface area (Å²) in [6.07, 6.45) is 0. The smallest absolute Gasteiger partial charge is 0.231 e. The third-order valence-corrected chi connectivity index (χ3v) is 1.99. The predicted octanol–water partition coefficient (Wildman–Crippen LogP) is 1.80. The lowest BCUT2D eigenvalue weighted by Gasteiger charge is -2.18. The normalized spacial score (nSPS) is 16.9. The Hall–Kier alpha value is -1.10. The summed E-state index contributed by atoms with van der Waals surface area (Å²) in [7, 11) is 0. The molecule has 1 N–H and O–H groups in total. The molecule has 0 radical (unpaired) electrons. The number of nitrogens with zero attached hydrogens (tertiary/aromatic N) is 4. The molecule has 0 amide bonds. The van der Waals surface area contributed by atoms with Crippen LogP contribution in [-0.4, -0.2) is 34.5 Å². The van der Waals surface area contributed by atoms with Crippen LogP contribution in [-0.2, 0) is 0 Å². The molecule has 1 aromatic rings. The molecule has 0 fully saturated rings. The molecule has 0 aliphatic carbocycles. The molecule has 1 rings (SSSR count). The van der Waals surface area contributed by atoms with Crippen molar-refractivity contribution in [3.05, 3.63) is 5.28 Å². The SMILES string of the molecule is [2H]C([2H])([2H])C([2H])([2H])Nc1nc(Cl)nc(N(CC)CC)n1. The van der Waals surface area contributed by atoms with Gasteiger partial charge in [-0.05, 0) is 32.3 Å². The average molecular weight is 235 g/mol. The van der Waals surface area contributed by atoms with E-state index in [2.05, 4.69) is 20.3 Å². The molecule has 0 unspecified atom stereocenters. The lowest BCUT2D eigenvalue weighted by Crippen LogP contribution is -2.25. The maximum absolute atomic E-state index is 7.49. The number of aromatic nitrogens is 3. The number of halogens is 1. The molecule has 0 aliphatic rings. The number of hydrogen-bond acceptors (Lipinski definition) is 5. The maximum atomic E-state index is 7.49. The molecular formula is C9H16ClN5.